The van der Waals surface area contributed by atoms with Gasteiger partial charge in [0.1, 0.15) is 0 Å². The maximum atomic E-state index is 10.2. The van der Waals surface area contributed by atoms with Crippen LogP contribution < -0.4 is 0 Å². The van der Waals surface area contributed by atoms with Gasteiger partial charge in [-0.1, -0.05) is 6.58 Å². The lowest BCUT2D eigenvalue weighted by atomic mass is 10.4. The average Bonchev–Trinajstić information content (AvgIpc) is 2.49. The lowest BCUT2D eigenvalue weighted by Crippen LogP contribution is -2.24. The van der Waals surface area contributed by atoms with E-state index in [9.17, 15) is 14.4 Å². The Morgan fingerprint density at radius 1 is 1.50 bits per heavy atom. The van der Waals surface area contributed by atoms with Gasteiger partial charge < -0.3 is 4.74 Å². The third-order valence-corrected chi connectivity index (χ3v) is 1.39. The Balaban J connectivity index is 0.000000255. The molecule has 0 radical (unpaired) electrons. The number of hydroxylamine groups is 2. The molecule has 0 unspecified atom stereocenters. The van der Waals surface area contributed by atoms with Gasteiger partial charge in [0.05, 0.1) is 7.11 Å². The maximum Gasteiger partial charge on any atom is 0.329 e. The van der Waals surface area contributed by atoms with E-state index in [2.05, 4.69) is 11.3 Å². The second-order valence-electron chi connectivity index (χ2n) is 2.33. The summed E-state index contributed by atoms with van der Waals surface area (Å²) in [6.45, 7) is 3.16. The van der Waals surface area contributed by atoms with Crippen molar-refractivity contribution in [1.82, 2.24) is 5.06 Å². The minimum absolute atomic E-state index is 0.148. The van der Waals surface area contributed by atoms with Crippen LogP contribution in [0.25, 0.3) is 0 Å². The number of amides is 2. The number of nitrogens with zero attached hydrogens (tertiary/aromatic N) is 1. The molecule has 0 spiro atoms. The lowest BCUT2D eigenvalue weighted by Gasteiger charge is -1.98. The smallest absolute Gasteiger partial charge is 0.329 e. The van der Waals surface area contributed by atoms with Crippen LogP contribution in [0.15, 0.2) is 12.7 Å². The predicted molar refractivity (Wildman–Crippen MR) is 45.1 cm³/mol. The first-order chi connectivity index (χ1) is 6.52. The molecule has 0 aliphatic carbocycles. The number of rotatable bonds is 1. The quantitative estimate of drug-likeness (QED) is 0.276. The Bertz CT molecular complexity index is 244. The fourth-order valence-electron chi connectivity index (χ4n) is 0.648. The van der Waals surface area contributed by atoms with Crippen LogP contribution >= 0.6 is 0 Å². The van der Waals surface area contributed by atoms with E-state index >= 15 is 0 Å². The van der Waals surface area contributed by atoms with Gasteiger partial charge in [0.15, 0.2) is 0 Å². The molecule has 0 aromatic rings. The van der Waals surface area contributed by atoms with E-state index in [-0.39, 0.29) is 17.9 Å². The zero-order valence-corrected chi connectivity index (χ0v) is 7.73. The minimum atomic E-state index is -0.505. The molecule has 78 valence electrons. The van der Waals surface area contributed by atoms with Crippen LogP contribution in [0.5, 0.6) is 0 Å². The molecular formula is C8H11NO5. The highest BCUT2D eigenvalue weighted by molar-refractivity contribution is 6.00. The molecule has 0 aromatic carbocycles. The van der Waals surface area contributed by atoms with Crippen LogP contribution in [0.1, 0.15) is 12.8 Å². The molecule has 0 aromatic heterocycles. The zero-order valence-electron chi connectivity index (χ0n) is 7.73. The number of ether oxygens (including phenoxy) is 1. The Labute approximate surface area is 80.7 Å². The number of hydrogen-bond donors (Lipinski definition) is 1. The standard InChI is InChI=1S/C4H5NO3.C4H6O2/c6-3-1-2-4(7)5(3)8;1-3-4(5)6-2/h8H,1-2H2;3H,1H2,2H3. The van der Waals surface area contributed by atoms with Crippen molar-refractivity contribution in [1.29, 1.82) is 0 Å². The Hall–Kier alpha value is -1.69. The summed E-state index contributed by atoms with van der Waals surface area (Å²) in [4.78, 5) is 30.3. The largest absolute Gasteiger partial charge is 0.466 e. The van der Waals surface area contributed by atoms with Crippen molar-refractivity contribution in [3.05, 3.63) is 12.7 Å². The SMILES string of the molecule is C=CC(=O)OC.O=C1CCC(=O)N1O. The van der Waals surface area contributed by atoms with Crippen LogP contribution in [0.2, 0.25) is 0 Å². The van der Waals surface area contributed by atoms with E-state index in [0.29, 0.717) is 0 Å². The number of imide groups is 1. The lowest BCUT2D eigenvalue weighted by molar-refractivity contribution is -0.171. The number of carbonyl (C=O) groups is 3. The second kappa shape index (κ2) is 5.87. The molecule has 1 rings (SSSR count). The molecule has 1 aliphatic heterocycles. The first-order valence-electron chi connectivity index (χ1n) is 3.78. The monoisotopic (exact) mass is 201 g/mol. The molecular weight excluding hydrogens is 190 g/mol. The fraction of sp³-hybridized carbons (Fsp3) is 0.375. The van der Waals surface area contributed by atoms with E-state index in [1.165, 1.54) is 7.11 Å². The van der Waals surface area contributed by atoms with E-state index in [1.54, 1.807) is 0 Å². The van der Waals surface area contributed by atoms with Crippen LogP contribution in [0, 0.1) is 0 Å². The molecule has 0 bridgehead atoms. The van der Waals surface area contributed by atoms with Crippen molar-refractivity contribution < 1.29 is 24.3 Å². The van der Waals surface area contributed by atoms with E-state index in [4.69, 9.17) is 5.21 Å². The summed E-state index contributed by atoms with van der Waals surface area (Å²) in [5, 5.41) is 8.57. The number of esters is 1. The number of methoxy groups -OCH3 is 1. The molecule has 2 amide bonds. The highest BCUT2D eigenvalue weighted by Gasteiger charge is 2.26. The van der Waals surface area contributed by atoms with Crippen molar-refractivity contribution in [2.45, 2.75) is 12.8 Å². The van der Waals surface area contributed by atoms with Crippen LogP contribution in [-0.2, 0) is 19.1 Å². The number of carbonyl (C=O) groups excluding carboxylic acids is 3. The van der Waals surface area contributed by atoms with Crippen LogP contribution in [-0.4, -0.2) is 35.2 Å². The first kappa shape index (κ1) is 12.3. The molecule has 6 heteroatoms. The van der Waals surface area contributed by atoms with Gasteiger partial charge in [-0.3, -0.25) is 14.8 Å². The maximum absolute atomic E-state index is 10.2. The predicted octanol–water partition coefficient (Wildman–Crippen LogP) is -0.130. The third-order valence-electron chi connectivity index (χ3n) is 1.39. The van der Waals surface area contributed by atoms with Crippen LogP contribution in [0.3, 0.4) is 0 Å². The molecule has 6 nitrogen and oxygen atoms in total. The van der Waals surface area contributed by atoms with Gasteiger partial charge in [0.25, 0.3) is 11.8 Å². The average molecular weight is 201 g/mol. The summed E-state index contributed by atoms with van der Waals surface area (Å²) in [6, 6.07) is 0. The molecule has 14 heavy (non-hydrogen) atoms. The van der Waals surface area contributed by atoms with Crippen molar-refractivity contribution in [2.24, 2.45) is 0 Å². The van der Waals surface area contributed by atoms with Gasteiger partial charge in [-0.25, -0.2) is 4.79 Å². The summed E-state index contributed by atoms with van der Waals surface area (Å²) >= 11 is 0. The Morgan fingerprint density at radius 2 is 1.93 bits per heavy atom. The summed E-state index contributed by atoms with van der Waals surface area (Å²) in [6.07, 6.45) is 1.41. The van der Waals surface area contributed by atoms with Crippen LogP contribution in [0.4, 0.5) is 0 Å². The molecule has 1 N–H and O–H groups in total. The molecule has 1 saturated heterocycles. The van der Waals surface area contributed by atoms with Crippen molar-refractivity contribution in [2.75, 3.05) is 7.11 Å². The molecule has 1 heterocycles. The Kier molecular flexibility index (Phi) is 5.16. The minimum Gasteiger partial charge on any atom is -0.466 e. The van der Waals surface area contributed by atoms with Crippen molar-refractivity contribution in [3.63, 3.8) is 0 Å². The second-order valence-corrected chi connectivity index (χ2v) is 2.33. The normalized spacial score (nSPS) is 14.6. The van der Waals surface area contributed by atoms with Crippen molar-refractivity contribution >= 4 is 17.8 Å². The number of hydrogen-bond acceptors (Lipinski definition) is 5. The molecule has 1 aliphatic rings. The van der Waals surface area contributed by atoms with Gasteiger partial charge >= 0.3 is 5.97 Å². The summed E-state index contributed by atoms with van der Waals surface area (Å²) in [5.74, 6) is -1.40. The first-order valence-corrected chi connectivity index (χ1v) is 3.78. The molecule has 1 fully saturated rings. The van der Waals surface area contributed by atoms with Gasteiger partial charge in [0, 0.05) is 18.9 Å². The summed E-state index contributed by atoms with van der Waals surface area (Å²) in [7, 11) is 1.31. The van der Waals surface area contributed by atoms with Gasteiger partial charge in [0.2, 0.25) is 0 Å². The van der Waals surface area contributed by atoms with Gasteiger partial charge in [-0.15, -0.1) is 0 Å². The molecule has 0 saturated carbocycles. The zero-order chi connectivity index (χ0) is 11.1. The summed E-state index contributed by atoms with van der Waals surface area (Å²) < 4.78 is 4.14. The van der Waals surface area contributed by atoms with Gasteiger partial charge in [-0.05, 0) is 0 Å². The topological polar surface area (TPSA) is 83.9 Å². The van der Waals surface area contributed by atoms with Crippen molar-refractivity contribution in [3.8, 4) is 0 Å². The molecule has 0 atom stereocenters. The van der Waals surface area contributed by atoms with E-state index in [0.717, 1.165) is 6.08 Å². The fourth-order valence-corrected chi connectivity index (χ4v) is 0.648. The van der Waals surface area contributed by atoms with E-state index < -0.39 is 17.8 Å². The highest BCUT2D eigenvalue weighted by atomic mass is 16.5. The van der Waals surface area contributed by atoms with E-state index in [1.807, 2.05) is 0 Å². The third kappa shape index (κ3) is 3.81. The highest BCUT2D eigenvalue weighted by Crippen LogP contribution is 2.06. The summed E-state index contributed by atoms with van der Waals surface area (Å²) in [5.41, 5.74) is 0. The Morgan fingerprint density at radius 3 is 2.00 bits per heavy atom. The van der Waals surface area contributed by atoms with Gasteiger partial charge in [-0.2, -0.15) is 5.06 Å².